The highest BCUT2D eigenvalue weighted by Crippen LogP contribution is 2.29. The molecule has 0 bridgehead atoms. The molecule has 4 aromatic rings. The van der Waals surface area contributed by atoms with E-state index < -0.39 is 28.9 Å². The molecule has 1 saturated heterocycles. The molecule has 0 spiro atoms. The average Bonchev–Trinajstić information content (AvgIpc) is 3.49. The number of amides is 1. The van der Waals surface area contributed by atoms with Crippen LogP contribution in [0.2, 0.25) is 0 Å². The van der Waals surface area contributed by atoms with Crippen LogP contribution in [0.3, 0.4) is 0 Å². The molecule has 1 amide bonds. The number of benzene rings is 2. The van der Waals surface area contributed by atoms with Gasteiger partial charge in [-0.15, -0.1) is 0 Å². The Labute approximate surface area is 192 Å². The van der Waals surface area contributed by atoms with E-state index in [0.29, 0.717) is 17.6 Å². The second-order valence-corrected chi connectivity index (χ2v) is 8.27. The molecule has 5 rings (SSSR count). The van der Waals surface area contributed by atoms with Gasteiger partial charge in [-0.1, -0.05) is 6.92 Å². The molecule has 1 aliphatic heterocycles. The van der Waals surface area contributed by atoms with Gasteiger partial charge in [-0.2, -0.15) is 20.0 Å². The summed E-state index contributed by atoms with van der Waals surface area (Å²) in [7, 11) is 0. The van der Waals surface area contributed by atoms with E-state index in [1.54, 1.807) is 0 Å². The van der Waals surface area contributed by atoms with Crippen LogP contribution in [0.1, 0.15) is 30.1 Å². The van der Waals surface area contributed by atoms with Gasteiger partial charge in [0.2, 0.25) is 0 Å². The summed E-state index contributed by atoms with van der Waals surface area (Å²) in [5, 5.41) is 11.0. The van der Waals surface area contributed by atoms with Crippen LogP contribution in [0, 0.1) is 23.4 Å². The summed E-state index contributed by atoms with van der Waals surface area (Å²) in [5.41, 5.74) is 0.421. The van der Waals surface area contributed by atoms with Crippen LogP contribution in [-0.4, -0.2) is 49.9 Å². The van der Waals surface area contributed by atoms with Crippen LogP contribution >= 0.6 is 0 Å². The number of carbonyl (C=O) groups is 1. The summed E-state index contributed by atoms with van der Waals surface area (Å²) in [4.78, 5) is 20.4. The number of nitrogens with one attached hydrogen (secondary N) is 1. The minimum Gasteiger partial charge on any atom is -0.424 e. The fourth-order valence-electron chi connectivity index (χ4n) is 4.37. The number of oxazole rings is 1. The SMILES string of the molecule is C[C@@H]1CCCN(C(=O)c2c(-n3nccn3)ccc(F)c2F)[C@@H]1CNc1nc2cc(F)ccc2o1. The summed E-state index contributed by atoms with van der Waals surface area (Å²) in [5.74, 6) is -3.38. The van der Waals surface area contributed by atoms with Gasteiger partial charge in [0.1, 0.15) is 22.6 Å². The number of halogens is 3. The van der Waals surface area contributed by atoms with Crippen LogP contribution in [0.15, 0.2) is 47.1 Å². The Bertz CT molecular complexity index is 1340. The number of nitrogens with zero attached hydrogens (tertiary/aromatic N) is 5. The zero-order valence-electron chi connectivity index (χ0n) is 18.2. The first-order valence-corrected chi connectivity index (χ1v) is 10.9. The van der Waals surface area contributed by atoms with Crippen molar-refractivity contribution in [3.63, 3.8) is 0 Å². The molecule has 0 aliphatic carbocycles. The van der Waals surface area contributed by atoms with Crippen LogP contribution in [-0.2, 0) is 0 Å². The number of aromatic nitrogens is 4. The molecule has 1 aliphatic rings. The fraction of sp³-hybridized carbons (Fsp3) is 0.304. The largest absolute Gasteiger partial charge is 0.424 e. The molecule has 0 unspecified atom stereocenters. The second kappa shape index (κ2) is 8.81. The first-order valence-electron chi connectivity index (χ1n) is 10.9. The zero-order valence-corrected chi connectivity index (χ0v) is 18.2. The lowest BCUT2D eigenvalue weighted by atomic mass is 9.90. The number of rotatable bonds is 5. The second-order valence-electron chi connectivity index (χ2n) is 8.27. The van der Waals surface area contributed by atoms with Crippen LogP contribution in [0.4, 0.5) is 19.2 Å². The number of carbonyl (C=O) groups excluding carboxylic acids is 1. The number of anilines is 1. The van der Waals surface area contributed by atoms with Crippen LogP contribution < -0.4 is 5.32 Å². The molecule has 2 aromatic heterocycles. The normalized spacial score (nSPS) is 18.4. The number of piperidine rings is 1. The molecule has 8 nitrogen and oxygen atoms in total. The van der Waals surface area contributed by atoms with Crippen molar-refractivity contribution in [3.05, 3.63) is 65.7 Å². The van der Waals surface area contributed by atoms with E-state index in [1.165, 1.54) is 41.6 Å². The van der Waals surface area contributed by atoms with Crippen molar-refractivity contribution in [1.82, 2.24) is 24.9 Å². The lowest BCUT2D eigenvalue weighted by Gasteiger charge is -2.40. The molecule has 0 radical (unpaired) electrons. The number of likely N-dealkylation sites (tertiary alicyclic amines) is 1. The van der Waals surface area contributed by atoms with Gasteiger partial charge in [0.15, 0.2) is 17.2 Å². The van der Waals surface area contributed by atoms with Gasteiger partial charge in [0, 0.05) is 19.2 Å². The van der Waals surface area contributed by atoms with Gasteiger partial charge in [0.05, 0.1) is 18.4 Å². The molecule has 11 heteroatoms. The van der Waals surface area contributed by atoms with Crippen molar-refractivity contribution < 1.29 is 22.4 Å². The molecule has 34 heavy (non-hydrogen) atoms. The molecule has 0 saturated carbocycles. The fourth-order valence-corrected chi connectivity index (χ4v) is 4.37. The van der Waals surface area contributed by atoms with Crippen molar-refractivity contribution in [3.8, 4) is 5.69 Å². The number of hydrogen-bond donors (Lipinski definition) is 1. The van der Waals surface area contributed by atoms with Crippen molar-refractivity contribution in [2.24, 2.45) is 5.92 Å². The Morgan fingerprint density at radius 3 is 2.76 bits per heavy atom. The van der Waals surface area contributed by atoms with Crippen molar-refractivity contribution in [2.75, 3.05) is 18.4 Å². The monoisotopic (exact) mass is 470 g/mol. The highest BCUT2D eigenvalue weighted by molar-refractivity contribution is 5.98. The number of fused-ring (bicyclic) bond motifs is 1. The summed E-state index contributed by atoms with van der Waals surface area (Å²) in [6, 6.07) is 6.08. The molecule has 176 valence electrons. The van der Waals surface area contributed by atoms with Gasteiger partial charge in [-0.25, -0.2) is 13.2 Å². The standard InChI is InChI=1S/C23H21F3N6O2/c1-13-3-2-10-31(18(13)12-27-23-30-16-11-14(24)4-7-19(16)34-23)22(33)20-17(32-28-8-9-29-32)6-5-15(25)21(20)26/h4-9,11,13,18H,2-3,10,12H2,1H3,(H,27,30)/t13-,18-/m1/s1. The summed E-state index contributed by atoms with van der Waals surface area (Å²) in [6.07, 6.45) is 4.35. The highest BCUT2D eigenvalue weighted by Gasteiger charge is 2.35. The highest BCUT2D eigenvalue weighted by atomic mass is 19.2. The van der Waals surface area contributed by atoms with E-state index in [0.717, 1.165) is 23.7 Å². The molecular formula is C23H21F3N6O2. The maximum atomic E-state index is 14.9. The maximum Gasteiger partial charge on any atom is 0.295 e. The summed E-state index contributed by atoms with van der Waals surface area (Å²) < 4.78 is 48.1. The van der Waals surface area contributed by atoms with Gasteiger partial charge in [0.25, 0.3) is 11.9 Å². The zero-order chi connectivity index (χ0) is 23.8. The van der Waals surface area contributed by atoms with Gasteiger partial charge < -0.3 is 14.6 Å². The molecule has 1 N–H and O–H groups in total. The van der Waals surface area contributed by atoms with Crippen molar-refractivity contribution in [1.29, 1.82) is 0 Å². The molecule has 3 heterocycles. The summed E-state index contributed by atoms with van der Waals surface area (Å²) in [6.45, 7) is 2.62. The topological polar surface area (TPSA) is 89.1 Å². The van der Waals surface area contributed by atoms with E-state index >= 15 is 0 Å². The van der Waals surface area contributed by atoms with Gasteiger partial charge in [-0.3, -0.25) is 4.79 Å². The van der Waals surface area contributed by atoms with Crippen molar-refractivity contribution in [2.45, 2.75) is 25.8 Å². The third-order valence-electron chi connectivity index (χ3n) is 6.11. The smallest absolute Gasteiger partial charge is 0.295 e. The predicted octanol–water partition coefficient (Wildman–Crippen LogP) is 4.18. The van der Waals surface area contributed by atoms with Crippen LogP contribution in [0.5, 0.6) is 0 Å². The van der Waals surface area contributed by atoms with E-state index in [4.69, 9.17) is 4.42 Å². The first-order chi connectivity index (χ1) is 16.4. The minimum absolute atomic E-state index is 0.0554. The van der Waals surface area contributed by atoms with Gasteiger partial charge in [-0.05, 0) is 43.0 Å². The Morgan fingerprint density at radius 2 is 1.97 bits per heavy atom. The Hall–Kier alpha value is -3.89. The Balaban J connectivity index is 1.44. The number of hydrogen-bond acceptors (Lipinski definition) is 6. The third-order valence-corrected chi connectivity index (χ3v) is 6.11. The lowest BCUT2D eigenvalue weighted by Crippen LogP contribution is -2.51. The Kier molecular flexibility index (Phi) is 5.68. The minimum atomic E-state index is -1.24. The van der Waals surface area contributed by atoms with Gasteiger partial charge >= 0.3 is 0 Å². The molecule has 2 atom stereocenters. The maximum absolute atomic E-state index is 14.9. The summed E-state index contributed by atoms with van der Waals surface area (Å²) >= 11 is 0. The van der Waals surface area contributed by atoms with E-state index in [2.05, 4.69) is 20.5 Å². The lowest BCUT2D eigenvalue weighted by molar-refractivity contribution is 0.0533. The quantitative estimate of drug-likeness (QED) is 0.471. The molecule has 1 fully saturated rings. The van der Waals surface area contributed by atoms with Crippen LogP contribution in [0.25, 0.3) is 16.8 Å². The molecular weight excluding hydrogens is 449 g/mol. The predicted molar refractivity (Wildman–Crippen MR) is 117 cm³/mol. The van der Waals surface area contributed by atoms with E-state index in [9.17, 15) is 18.0 Å². The van der Waals surface area contributed by atoms with E-state index in [-0.39, 0.29) is 30.2 Å². The first kappa shape index (κ1) is 21.9. The Morgan fingerprint density at radius 1 is 1.18 bits per heavy atom. The van der Waals surface area contributed by atoms with Crippen molar-refractivity contribution >= 4 is 23.0 Å². The third kappa shape index (κ3) is 3.97. The van der Waals surface area contributed by atoms with E-state index in [1.807, 2.05) is 6.92 Å². The molecule has 2 aromatic carbocycles. The average molecular weight is 470 g/mol.